The van der Waals surface area contributed by atoms with Crippen molar-refractivity contribution < 1.29 is 13.0 Å². The van der Waals surface area contributed by atoms with Gasteiger partial charge in [0.15, 0.2) is 0 Å². The van der Waals surface area contributed by atoms with E-state index in [9.17, 15) is 13.0 Å². The van der Waals surface area contributed by atoms with Crippen molar-refractivity contribution in [1.29, 1.82) is 0 Å². The highest BCUT2D eigenvalue weighted by Gasteiger charge is 2.21. The molecule has 0 bridgehead atoms. The van der Waals surface area contributed by atoms with Crippen LogP contribution >= 0.6 is 7.91 Å². The molecule has 0 aromatic heterocycles. The second-order valence-corrected chi connectivity index (χ2v) is 2.95. The van der Waals surface area contributed by atoms with Gasteiger partial charge in [-0.2, -0.15) is 0 Å². The summed E-state index contributed by atoms with van der Waals surface area (Å²) in [6, 6.07) is 0. The Kier molecular flexibility index (Phi) is 1.90. The molecule has 0 amide bonds. The van der Waals surface area contributed by atoms with E-state index >= 15 is 0 Å². The molecule has 0 aromatic rings. The third-order valence-electron chi connectivity index (χ3n) is 0.466. The first-order valence-corrected chi connectivity index (χ1v) is 3.06. The monoisotopic (exact) mass is 129 g/mol. The van der Waals surface area contributed by atoms with Crippen molar-refractivity contribution in [2.75, 3.05) is 14.1 Å². The molecule has 5 heteroatoms. The predicted octanol–water partition coefficient (Wildman–Crippen LogP) is 1.60. The zero-order valence-electron chi connectivity index (χ0n) is 4.06. The van der Waals surface area contributed by atoms with Gasteiger partial charge in [0, 0.05) is 0 Å². The molecule has 0 unspecified atom stereocenters. The van der Waals surface area contributed by atoms with E-state index < -0.39 is 7.91 Å². The third-order valence-corrected chi connectivity index (χ3v) is 1.40. The van der Waals surface area contributed by atoms with Crippen molar-refractivity contribution in [1.82, 2.24) is 4.67 Å². The first-order valence-electron chi connectivity index (χ1n) is 1.62. The summed E-state index contributed by atoms with van der Waals surface area (Å²) in [7, 11) is -2.76. The van der Waals surface area contributed by atoms with Crippen LogP contribution in [0.5, 0.6) is 0 Å². The van der Waals surface area contributed by atoms with Crippen LogP contribution in [0.3, 0.4) is 0 Å². The second kappa shape index (κ2) is 1.88. The number of hydrogen-bond donors (Lipinski definition) is 0. The van der Waals surface area contributed by atoms with Gasteiger partial charge in [-0.15, -0.1) is 8.39 Å². The van der Waals surface area contributed by atoms with Crippen LogP contribution in [0.15, 0.2) is 0 Å². The Bertz CT molecular complexity index is 97.9. The van der Waals surface area contributed by atoms with Crippen LogP contribution in [0.2, 0.25) is 0 Å². The fraction of sp³-hybridized carbons (Fsp3) is 1.00. The molecule has 0 atom stereocenters. The van der Waals surface area contributed by atoms with E-state index in [-0.39, 0.29) is 0 Å². The molecule has 0 radical (unpaired) electrons. The van der Waals surface area contributed by atoms with Crippen molar-refractivity contribution in [3.63, 3.8) is 0 Å². The summed E-state index contributed by atoms with van der Waals surface area (Å²) in [6.07, 6.45) is 0. The quantitative estimate of drug-likeness (QED) is 0.501. The van der Waals surface area contributed by atoms with Crippen LogP contribution in [0.1, 0.15) is 0 Å². The Hall–Kier alpha value is 0.0500. The van der Waals surface area contributed by atoms with E-state index in [1.165, 1.54) is 0 Å². The Morgan fingerprint density at radius 3 is 1.57 bits per heavy atom. The van der Waals surface area contributed by atoms with Crippen LogP contribution in [-0.2, 0) is 4.57 Å². The molecule has 0 aliphatic carbocycles. The standard InChI is InChI=1S/C2H6F2NOP/c1-5(2)7(3,4)6/h1-2H3. The molecular formula is C2H6F2NOP. The van der Waals surface area contributed by atoms with Crippen molar-refractivity contribution in [3.05, 3.63) is 0 Å². The average Bonchev–Trinajstić information content (AvgIpc) is 1.31. The molecular weight excluding hydrogens is 123 g/mol. The number of halogens is 2. The van der Waals surface area contributed by atoms with Gasteiger partial charge in [-0.3, -0.25) is 0 Å². The van der Waals surface area contributed by atoms with Crippen LogP contribution in [0.4, 0.5) is 8.39 Å². The molecule has 0 rings (SSSR count). The highest BCUT2D eigenvalue weighted by Crippen LogP contribution is 2.50. The molecule has 0 N–H and O–H groups in total. The average molecular weight is 129 g/mol. The first kappa shape index (κ1) is 7.05. The van der Waals surface area contributed by atoms with E-state index in [0.29, 0.717) is 4.67 Å². The van der Waals surface area contributed by atoms with Crippen LogP contribution in [0.25, 0.3) is 0 Å². The molecule has 0 aromatic carbocycles. The molecule has 0 saturated carbocycles. The van der Waals surface area contributed by atoms with E-state index in [1.807, 2.05) is 0 Å². The minimum atomic E-state index is -4.90. The van der Waals surface area contributed by atoms with Gasteiger partial charge in [0.25, 0.3) is 0 Å². The molecule has 0 aliphatic heterocycles. The largest absolute Gasteiger partial charge is 0.482 e. The predicted molar refractivity (Wildman–Crippen MR) is 23.5 cm³/mol. The van der Waals surface area contributed by atoms with Crippen molar-refractivity contribution >= 4 is 7.91 Å². The van der Waals surface area contributed by atoms with Crippen LogP contribution < -0.4 is 0 Å². The summed E-state index contributed by atoms with van der Waals surface area (Å²) in [4.78, 5) is 0. The minimum absolute atomic E-state index is 0.410. The van der Waals surface area contributed by atoms with Gasteiger partial charge in [-0.05, 0) is 14.1 Å². The summed E-state index contributed by atoms with van der Waals surface area (Å²) < 4.78 is 32.6. The Morgan fingerprint density at radius 2 is 1.57 bits per heavy atom. The molecule has 44 valence electrons. The third kappa shape index (κ3) is 2.71. The Morgan fingerprint density at radius 1 is 1.43 bits per heavy atom. The van der Waals surface area contributed by atoms with Gasteiger partial charge < -0.3 is 0 Å². The van der Waals surface area contributed by atoms with Crippen molar-refractivity contribution in [2.45, 2.75) is 0 Å². The molecule has 0 heterocycles. The van der Waals surface area contributed by atoms with Crippen LogP contribution in [-0.4, -0.2) is 18.8 Å². The Balaban J connectivity index is 3.80. The lowest BCUT2D eigenvalue weighted by molar-refractivity contribution is 0.418. The van der Waals surface area contributed by atoms with Gasteiger partial charge in [0.05, 0.1) is 0 Å². The van der Waals surface area contributed by atoms with Gasteiger partial charge in [0.2, 0.25) is 0 Å². The van der Waals surface area contributed by atoms with Gasteiger partial charge >= 0.3 is 7.91 Å². The minimum Gasteiger partial charge on any atom is -0.231 e. The van der Waals surface area contributed by atoms with Crippen LogP contribution in [0, 0.1) is 0 Å². The summed E-state index contributed by atoms with van der Waals surface area (Å²) >= 11 is 0. The van der Waals surface area contributed by atoms with E-state index in [2.05, 4.69) is 0 Å². The highest BCUT2D eigenvalue weighted by atomic mass is 31.2. The number of nitrogens with zero attached hydrogens (tertiary/aromatic N) is 1. The first-order chi connectivity index (χ1) is 2.94. The highest BCUT2D eigenvalue weighted by molar-refractivity contribution is 7.50. The molecule has 2 nitrogen and oxygen atoms in total. The molecule has 0 spiro atoms. The van der Waals surface area contributed by atoms with Gasteiger partial charge in [-0.1, -0.05) is 0 Å². The summed E-state index contributed by atoms with van der Waals surface area (Å²) in [5.41, 5.74) is 0. The van der Waals surface area contributed by atoms with Crippen molar-refractivity contribution in [3.8, 4) is 0 Å². The molecule has 0 fully saturated rings. The maximum absolute atomic E-state index is 11.3. The lowest BCUT2D eigenvalue weighted by Crippen LogP contribution is -2.00. The topological polar surface area (TPSA) is 20.3 Å². The molecule has 7 heavy (non-hydrogen) atoms. The van der Waals surface area contributed by atoms with E-state index in [1.54, 1.807) is 0 Å². The fourth-order valence-corrected chi connectivity index (χ4v) is 0. The fourth-order valence-electron chi connectivity index (χ4n) is 0. The lowest BCUT2D eigenvalue weighted by atomic mass is 11.3. The normalized spacial score (nSPS) is 12.7. The lowest BCUT2D eigenvalue weighted by Gasteiger charge is -2.03. The summed E-state index contributed by atoms with van der Waals surface area (Å²) in [6.45, 7) is 0. The zero-order chi connectivity index (χ0) is 6.08. The maximum Gasteiger partial charge on any atom is 0.482 e. The van der Waals surface area contributed by atoms with E-state index in [4.69, 9.17) is 0 Å². The summed E-state index contributed by atoms with van der Waals surface area (Å²) in [5, 5.41) is 0. The molecule has 0 saturated heterocycles. The molecule has 0 aliphatic rings. The van der Waals surface area contributed by atoms with Crippen molar-refractivity contribution in [2.24, 2.45) is 0 Å². The smallest absolute Gasteiger partial charge is 0.231 e. The zero-order valence-corrected chi connectivity index (χ0v) is 4.95. The van der Waals surface area contributed by atoms with E-state index in [0.717, 1.165) is 14.1 Å². The SMILES string of the molecule is CN(C)P(=O)(F)F. The van der Waals surface area contributed by atoms with Gasteiger partial charge in [0.1, 0.15) is 0 Å². The maximum atomic E-state index is 11.3. The summed E-state index contributed by atoms with van der Waals surface area (Å²) in [5.74, 6) is 0. The van der Waals surface area contributed by atoms with Gasteiger partial charge in [-0.25, -0.2) is 9.24 Å². The number of hydrogen-bond acceptors (Lipinski definition) is 1. The Labute approximate surface area is 40.8 Å². The number of rotatable bonds is 1. The second-order valence-electron chi connectivity index (χ2n) is 1.28.